The maximum Gasteiger partial charge on any atom is 0.474 e. The first kappa shape index (κ1) is 15.0. The quantitative estimate of drug-likeness (QED) is 0.279. The molecule has 0 saturated carbocycles. The molecular weight excluding hydrogens is 261 g/mol. The van der Waals surface area contributed by atoms with Crippen LogP contribution in [0.1, 0.15) is 0 Å². The summed E-state index contributed by atoms with van der Waals surface area (Å²) in [6, 6.07) is 0. The molecule has 1 unspecified atom stereocenters. The van der Waals surface area contributed by atoms with Gasteiger partial charge in [-0.2, -0.15) is 0 Å². The van der Waals surface area contributed by atoms with Crippen LogP contribution >= 0.6 is 7.82 Å². The predicted molar refractivity (Wildman–Crippen MR) is 51.7 cm³/mol. The number of aliphatic hydroxyl groups excluding tert-OH is 4. The predicted octanol–water partition coefficient (Wildman–Crippen LogP) is -2.45. The van der Waals surface area contributed by atoms with Crippen molar-refractivity contribution in [1.29, 1.82) is 0 Å². The lowest BCUT2D eigenvalue weighted by molar-refractivity contribution is -0.281. The van der Waals surface area contributed by atoms with E-state index in [1.165, 1.54) is 0 Å². The highest BCUT2D eigenvalue weighted by Gasteiger charge is 2.46. The Morgan fingerprint density at radius 2 is 1.82 bits per heavy atom. The summed E-state index contributed by atoms with van der Waals surface area (Å²) in [5.41, 5.74) is 0. The Morgan fingerprint density at radius 1 is 1.24 bits per heavy atom. The Balaban J connectivity index is 2.75. The number of rotatable bonds is 4. The van der Waals surface area contributed by atoms with Crippen LogP contribution in [0.15, 0.2) is 0 Å². The molecule has 5 N–H and O–H groups in total. The van der Waals surface area contributed by atoms with Gasteiger partial charge >= 0.3 is 7.82 Å². The standard InChI is InChI=1S/C7H15O9P/c1-14-17(12,13)16-7-6(11)5(10)4(9)3(2-8)15-7/h3-11H,2H2,1H3,(H,12,13)/t3-,4-,5+,6-,7+/m1/s1/i12+2. The third-order valence-corrected chi connectivity index (χ3v) is 3.25. The van der Waals surface area contributed by atoms with Crippen molar-refractivity contribution in [2.45, 2.75) is 30.7 Å². The lowest BCUT2D eigenvalue weighted by Crippen LogP contribution is -2.58. The van der Waals surface area contributed by atoms with Crippen LogP contribution < -0.4 is 0 Å². The zero-order valence-electron chi connectivity index (χ0n) is 8.91. The molecule has 0 amide bonds. The average Bonchev–Trinajstić information content (AvgIpc) is 2.30. The Morgan fingerprint density at radius 3 is 2.29 bits per heavy atom. The van der Waals surface area contributed by atoms with Crippen LogP contribution in [-0.4, -0.2) is 69.7 Å². The van der Waals surface area contributed by atoms with Gasteiger partial charge in [-0.25, -0.2) is 4.57 Å². The molecule has 0 aromatic carbocycles. The molecular formula is C7H15O9P. The molecule has 0 aromatic heterocycles. The summed E-state index contributed by atoms with van der Waals surface area (Å²) >= 11 is 0. The molecule has 1 rings (SSSR count). The highest BCUT2D eigenvalue weighted by molar-refractivity contribution is 7.47. The highest BCUT2D eigenvalue weighted by Crippen LogP contribution is 2.45. The van der Waals surface area contributed by atoms with Gasteiger partial charge in [0.2, 0.25) is 0 Å². The molecule has 0 aromatic rings. The summed E-state index contributed by atoms with van der Waals surface area (Å²) in [7, 11) is -3.51. The Kier molecular flexibility index (Phi) is 5.02. The van der Waals surface area contributed by atoms with Crippen LogP contribution in [0.3, 0.4) is 0 Å². The van der Waals surface area contributed by atoms with Gasteiger partial charge in [-0.05, 0) is 0 Å². The van der Waals surface area contributed by atoms with Gasteiger partial charge in [0.1, 0.15) is 24.4 Å². The zero-order chi connectivity index (χ0) is 13.2. The summed E-state index contributed by atoms with van der Waals surface area (Å²) in [6.45, 7) is -0.659. The van der Waals surface area contributed by atoms with Gasteiger partial charge < -0.3 is 30.1 Å². The van der Waals surface area contributed by atoms with E-state index in [0.29, 0.717) is 0 Å². The van der Waals surface area contributed by atoms with E-state index in [0.717, 1.165) is 7.11 Å². The molecule has 0 radical (unpaired) electrons. The Bertz CT molecular complexity index is 295. The number of hydrogen-bond acceptors (Lipinski definition) is 8. The van der Waals surface area contributed by atoms with Gasteiger partial charge in [0.05, 0.1) is 6.61 Å². The van der Waals surface area contributed by atoms with Gasteiger partial charge in [-0.15, -0.1) is 0 Å². The average molecular weight is 276 g/mol. The second-order valence-corrected chi connectivity index (χ2v) is 4.97. The van der Waals surface area contributed by atoms with E-state index in [4.69, 9.17) is 14.7 Å². The molecule has 1 aliphatic heterocycles. The van der Waals surface area contributed by atoms with Crippen molar-refractivity contribution in [1.82, 2.24) is 0 Å². The molecule has 0 aliphatic carbocycles. The second kappa shape index (κ2) is 5.70. The van der Waals surface area contributed by atoms with Gasteiger partial charge in [-0.1, -0.05) is 0 Å². The minimum Gasteiger partial charge on any atom is -0.394 e. The number of ether oxygens (including phenoxy) is 1. The topological polar surface area (TPSA) is 146 Å². The third-order valence-electron chi connectivity index (χ3n) is 2.32. The smallest absolute Gasteiger partial charge is 0.394 e. The first-order valence-electron chi connectivity index (χ1n) is 4.70. The van der Waals surface area contributed by atoms with Crippen molar-refractivity contribution < 1.29 is 43.7 Å². The maximum absolute atomic E-state index is 11.1. The minimum absolute atomic E-state index is 0.659. The van der Waals surface area contributed by atoms with Gasteiger partial charge in [0, 0.05) is 7.11 Å². The molecule has 1 fully saturated rings. The number of phosphoric ester groups is 1. The summed E-state index contributed by atoms with van der Waals surface area (Å²) in [5.74, 6) is 0. The Hall–Kier alpha value is -0.0900. The van der Waals surface area contributed by atoms with Crippen molar-refractivity contribution in [3.8, 4) is 0 Å². The lowest BCUT2D eigenvalue weighted by Gasteiger charge is -2.39. The van der Waals surface area contributed by atoms with Crippen LogP contribution in [-0.2, 0) is 18.3 Å². The van der Waals surface area contributed by atoms with Crippen LogP contribution in [0.2, 0.25) is 0 Å². The fraction of sp³-hybridized carbons (Fsp3) is 1.00. The van der Waals surface area contributed by atoms with E-state index < -0.39 is 45.1 Å². The molecule has 17 heavy (non-hydrogen) atoms. The van der Waals surface area contributed by atoms with Crippen LogP contribution in [0.25, 0.3) is 0 Å². The second-order valence-electron chi connectivity index (χ2n) is 3.45. The van der Waals surface area contributed by atoms with Crippen molar-refractivity contribution in [2.24, 2.45) is 0 Å². The monoisotopic (exact) mass is 276 g/mol. The van der Waals surface area contributed by atoms with E-state index in [1.807, 2.05) is 0 Å². The van der Waals surface area contributed by atoms with Gasteiger partial charge in [0.15, 0.2) is 6.29 Å². The SMILES string of the molecule is COP(O)(=[18O])O[C@@H]1O[C@H](CO)[C@@H](O)[C@H](O)[C@H]1O. The van der Waals surface area contributed by atoms with Crippen LogP contribution in [0.5, 0.6) is 0 Å². The van der Waals surface area contributed by atoms with Crippen molar-refractivity contribution in [3.05, 3.63) is 0 Å². The Labute approximate surface area is 96.8 Å². The fourth-order valence-corrected chi connectivity index (χ4v) is 1.85. The fourth-order valence-electron chi connectivity index (χ4n) is 1.33. The number of phosphoric acid groups is 1. The summed E-state index contributed by atoms with van der Waals surface area (Å²) in [4.78, 5) is 9.02. The number of aliphatic hydroxyl groups is 4. The molecule has 10 heteroatoms. The molecule has 0 bridgehead atoms. The molecule has 1 heterocycles. The molecule has 9 nitrogen and oxygen atoms in total. The number of hydrogen-bond donors (Lipinski definition) is 5. The van der Waals surface area contributed by atoms with Crippen molar-refractivity contribution >= 4 is 7.82 Å². The van der Waals surface area contributed by atoms with E-state index >= 15 is 0 Å². The molecule has 1 saturated heterocycles. The maximum atomic E-state index is 11.1. The van der Waals surface area contributed by atoms with Gasteiger partial charge in [-0.3, -0.25) is 9.05 Å². The largest absolute Gasteiger partial charge is 0.474 e. The summed E-state index contributed by atoms with van der Waals surface area (Å²) in [6.07, 6.45) is -7.89. The van der Waals surface area contributed by atoms with E-state index in [2.05, 4.69) is 9.05 Å². The van der Waals surface area contributed by atoms with E-state index in [9.17, 15) is 19.9 Å². The lowest BCUT2D eigenvalue weighted by atomic mass is 10.00. The first-order valence-corrected chi connectivity index (χ1v) is 6.19. The molecule has 6 atom stereocenters. The highest BCUT2D eigenvalue weighted by atomic mass is 31.2. The van der Waals surface area contributed by atoms with E-state index in [1.54, 1.807) is 0 Å². The van der Waals surface area contributed by atoms with Crippen molar-refractivity contribution in [3.63, 3.8) is 0 Å². The minimum atomic E-state index is -4.42. The van der Waals surface area contributed by atoms with Crippen molar-refractivity contribution in [2.75, 3.05) is 13.7 Å². The molecule has 1 aliphatic rings. The van der Waals surface area contributed by atoms with Gasteiger partial charge in [0.25, 0.3) is 0 Å². The van der Waals surface area contributed by atoms with Crippen LogP contribution in [0, 0.1) is 0 Å². The zero-order valence-corrected chi connectivity index (χ0v) is 9.80. The molecule has 102 valence electrons. The normalized spacial score (nSPS) is 42.1. The molecule has 0 spiro atoms. The third kappa shape index (κ3) is 3.44. The summed E-state index contributed by atoms with van der Waals surface area (Å²) in [5, 5.41) is 37.1. The summed E-state index contributed by atoms with van der Waals surface area (Å²) < 4.78 is 24.5. The first-order chi connectivity index (χ1) is 7.82. The van der Waals surface area contributed by atoms with E-state index in [-0.39, 0.29) is 0 Å². The van der Waals surface area contributed by atoms with Crippen LogP contribution in [0.4, 0.5) is 0 Å².